The summed E-state index contributed by atoms with van der Waals surface area (Å²) in [6, 6.07) is 11.7. The lowest BCUT2D eigenvalue weighted by molar-refractivity contribution is 0.0926. The lowest BCUT2D eigenvalue weighted by atomic mass is 10.1. The number of amides is 2. The second-order valence-electron chi connectivity index (χ2n) is 5.17. The van der Waals surface area contributed by atoms with Gasteiger partial charge in [0.2, 0.25) is 0 Å². The summed E-state index contributed by atoms with van der Waals surface area (Å²) in [5.41, 5.74) is -0.00204. The molecule has 0 aliphatic carbocycles. The van der Waals surface area contributed by atoms with Crippen LogP contribution in [0.4, 0.5) is 10.1 Å². The minimum atomic E-state index is -0.705. The quantitative estimate of drug-likeness (QED) is 0.702. The first-order valence-corrected chi connectivity index (χ1v) is 6.87. The molecule has 2 amide bonds. The van der Waals surface area contributed by atoms with E-state index >= 15 is 0 Å². The average Bonchev–Trinajstić information content (AvgIpc) is 2.81. The Balaban J connectivity index is 1.99. The summed E-state index contributed by atoms with van der Waals surface area (Å²) in [6.07, 6.45) is 0. The van der Waals surface area contributed by atoms with E-state index in [-0.39, 0.29) is 16.8 Å². The number of imide groups is 1. The normalized spacial score (nSPS) is 13.7. The summed E-state index contributed by atoms with van der Waals surface area (Å²) in [5, 5.41) is 0.505. The minimum Gasteiger partial charge on any atom is -0.321 e. The van der Waals surface area contributed by atoms with Gasteiger partial charge in [0.25, 0.3) is 17.4 Å². The van der Waals surface area contributed by atoms with Crippen molar-refractivity contribution in [3.05, 3.63) is 75.8 Å². The molecule has 0 spiro atoms. The lowest BCUT2D eigenvalue weighted by Gasteiger charge is -2.13. The van der Waals surface area contributed by atoms with Gasteiger partial charge >= 0.3 is 0 Å². The number of aromatic nitrogens is 1. The highest BCUT2D eigenvalue weighted by atomic mass is 19.1. The zero-order chi connectivity index (χ0) is 16.1. The van der Waals surface area contributed by atoms with Crippen molar-refractivity contribution in [2.75, 3.05) is 4.90 Å². The van der Waals surface area contributed by atoms with Crippen molar-refractivity contribution >= 4 is 28.4 Å². The van der Waals surface area contributed by atoms with Gasteiger partial charge in [0.1, 0.15) is 11.4 Å². The van der Waals surface area contributed by atoms with Crippen LogP contribution in [0, 0.1) is 5.82 Å². The van der Waals surface area contributed by atoms with Crippen molar-refractivity contribution in [2.45, 2.75) is 0 Å². The number of fused-ring (bicyclic) bond motifs is 3. The maximum absolute atomic E-state index is 13.1. The lowest BCUT2D eigenvalue weighted by Crippen LogP contribution is -2.30. The molecular formula is C17H9FN2O3. The number of carbonyl (C=O) groups is 2. The van der Waals surface area contributed by atoms with Crippen LogP contribution in [0.3, 0.4) is 0 Å². The third-order valence-corrected chi connectivity index (χ3v) is 3.84. The van der Waals surface area contributed by atoms with Gasteiger partial charge in [-0.05, 0) is 30.3 Å². The Kier molecular flexibility index (Phi) is 2.68. The monoisotopic (exact) mass is 308 g/mol. The Morgan fingerprint density at radius 1 is 0.826 bits per heavy atom. The second kappa shape index (κ2) is 4.61. The van der Waals surface area contributed by atoms with Crippen LogP contribution >= 0.6 is 0 Å². The number of rotatable bonds is 1. The predicted molar refractivity (Wildman–Crippen MR) is 82.1 cm³/mol. The Labute approximate surface area is 129 Å². The Bertz CT molecular complexity index is 1040. The Morgan fingerprint density at radius 3 is 2.22 bits per heavy atom. The molecule has 0 unspecified atom stereocenters. The molecule has 0 saturated heterocycles. The largest absolute Gasteiger partial charge is 0.321 e. The van der Waals surface area contributed by atoms with Crippen LogP contribution in [-0.2, 0) is 0 Å². The molecule has 0 bridgehead atoms. The van der Waals surface area contributed by atoms with E-state index < -0.39 is 23.2 Å². The van der Waals surface area contributed by atoms with Gasteiger partial charge in [0.05, 0.1) is 11.3 Å². The van der Waals surface area contributed by atoms with Gasteiger partial charge in [0, 0.05) is 10.9 Å². The number of pyridine rings is 1. The number of H-pyrrole nitrogens is 1. The molecule has 23 heavy (non-hydrogen) atoms. The van der Waals surface area contributed by atoms with Crippen LogP contribution in [0.2, 0.25) is 0 Å². The highest BCUT2D eigenvalue weighted by molar-refractivity contribution is 6.37. The molecule has 5 nitrogen and oxygen atoms in total. The van der Waals surface area contributed by atoms with E-state index in [2.05, 4.69) is 4.98 Å². The molecule has 0 saturated carbocycles. The minimum absolute atomic E-state index is 0.0821. The Hall–Kier alpha value is -3.28. The van der Waals surface area contributed by atoms with E-state index in [1.54, 1.807) is 24.3 Å². The number of halogens is 1. The van der Waals surface area contributed by atoms with Gasteiger partial charge in [-0.2, -0.15) is 0 Å². The number of carbonyl (C=O) groups excluding carboxylic acids is 2. The molecule has 1 aromatic heterocycles. The zero-order valence-electron chi connectivity index (χ0n) is 11.7. The summed E-state index contributed by atoms with van der Waals surface area (Å²) in [5.74, 6) is -1.77. The molecule has 0 radical (unpaired) electrons. The van der Waals surface area contributed by atoms with Crippen molar-refractivity contribution in [3.8, 4) is 0 Å². The number of benzene rings is 2. The first-order valence-electron chi connectivity index (χ1n) is 6.87. The number of aromatic amines is 1. The van der Waals surface area contributed by atoms with Gasteiger partial charge in [-0.1, -0.05) is 18.2 Å². The van der Waals surface area contributed by atoms with Crippen LogP contribution in [0.1, 0.15) is 20.7 Å². The van der Waals surface area contributed by atoms with Crippen molar-refractivity contribution in [1.29, 1.82) is 0 Å². The fraction of sp³-hybridized carbons (Fsp3) is 0. The third-order valence-electron chi connectivity index (χ3n) is 3.84. The number of hydrogen-bond acceptors (Lipinski definition) is 3. The molecule has 4 rings (SSSR count). The molecule has 0 fully saturated rings. The van der Waals surface area contributed by atoms with E-state index in [1.807, 2.05) is 0 Å². The van der Waals surface area contributed by atoms with E-state index in [1.165, 1.54) is 12.1 Å². The van der Waals surface area contributed by atoms with Crippen LogP contribution in [0.15, 0.2) is 53.3 Å². The topological polar surface area (TPSA) is 70.2 Å². The van der Waals surface area contributed by atoms with Gasteiger partial charge in [-0.3, -0.25) is 14.4 Å². The van der Waals surface area contributed by atoms with E-state index in [0.29, 0.717) is 10.9 Å². The number of hydrogen-bond donors (Lipinski definition) is 1. The van der Waals surface area contributed by atoms with Gasteiger partial charge in [-0.25, -0.2) is 9.29 Å². The van der Waals surface area contributed by atoms with Gasteiger partial charge in [-0.15, -0.1) is 0 Å². The number of nitrogens with one attached hydrogen (secondary N) is 1. The smallest absolute Gasteiger partial charge is 0.271 e. The molecule has 112 valence electrons. The van der Waals surface area contributed by atoms with Crippen molar-refractivity contribution in [3.63, 3.8) is 0 Å². The fourth-order valence-corrected chi connectivity index (χ4v) is 2.81. The van der Waals surface area contributed by atoms with Crippen molar-refractivity contribution < 1.29 is 14.0 Å². The highest BCUT2D eigenvalue weighted by Crippen LogP contribution is 2.30. The van der Waals surface area contributed by atoms with Crippen LogP contribution < -0.4 is 10.5 Å². The van der Waals surface area contributed by atoms with Crippen LogP contribution in [-0.4, -0.2) is 16.8 Å². The van der Waals surface area contributed by atoms with E-state index in [0.717, 1.165) is 17.0 Å². The number of para-hydroxylation sites is 1. The van der Waals surface area contributed by atoms with E-state index in [4.69, 9.17) is 0 Å². The molecule has 1 aliphatic heterocycles. The second-order valence-corrected chi connectivity index (χ2v) is 5.17. The molecule has 1 N–H and O–H groups in total. The summed E-state index contributed by atoms with van der Waals surface area (Å²) < 4.78 is 13.1. The summed E-state index contributed by atoms with van der Waals surface area (Å²) in [7, 11) is 0. The summed E-state index contributed by atoms with van der Waals surface area (Å²) >= 11 is 0. The predicted octanol–water partition coefficient (Wildman–Crippen LogP) is 2.47. The highest BCUT2D eigenvalue weighted by Gasteiger charge is 2.40. The molecule has 0 atom stereocenters. The molecule has 1 aliphatic rings. The van der Waals surface area contributed by atoms with Crippen molar-refractivity contribution in [2.24, 2.45) is 0 Å². The first-order chi connectivity index (χ1) is 11.1. The SMILES string of the molecule is O=C1c2c(c3ccccc3[nH]c2=O)C(=O)N1c1ccc(F)cc1. The molecule has 6 heteroatoms. The molecular weight excluding hydrogens is 299 g/mol. The fourth-order valence-electron chi connectivity index (χ4n) is 2.81. The third kappa shape index (κ3) is 1.81. The maximum Gasteiger partial charge on any atom is 0.271 e. The van der Waals surface area contributed by atoms with Gasteiger partial charge in [0.15, 0.2) is 0 Å². The maximum atomic E-state index is 13.1. The van der Waals surface area contributed by atoms with Gasteiger partial charge < -0.3 is 4.98 Å². The van der Waals surface area contributed by atoms with Crippen LogP contribution in [0.5, 0.6) is 0 Å². The molecule has 3 aromatic rings. The number of anilines is 1. The number of nitrogens with zero attached hydrogens (tertiary/aromatic N) is 1. The Morgan fingerprint density at radius 2 is 1.48 bits per heavy atom. The summed E-state index contributed by atoms with van der Waals surface area (Å²) in [6.45, 7) is 0. The molecule has 2 aromatic carbocycles. The first kappa shape index (κ1) is 13.4. The summed E-state index contributed by atoms with van der Waals surface area (Å²) in [4.78, 5) is 41.0. The molecule has 2 heterocycles. The van der Waals surface area contributed by atoms with Crippen LogP contribution in [0.25, 0.3) is 10.9 Å². The zero-order valence-corrected chi connectivity index (χ0v) is 11.7. The van der Waals surface area contributed by atoms with Crippen molar-refractivity contribution in [1.82, 2.24) is 4.98 Å². The average molecular weight is 308 g/mol. The van der Waals surface area contributed by atoms with E-state index in [9.17, 15) is 18.8 Å². The standard InChI is InChI=1S/C17H9FN2O3/c18-9-5-7-10(8-6-9)20-16(22)13-11-3-1-2-4-12(11)19-15(21)14(13)17(20)23/h1-8H,(H,19,21).